The molecule has 16 heavy (non-hydrogen) atoms. The molecular weight excluding hydrogens is 264 g/mol. The topological polar surface area (TPSA) is 15.3 Å². The van der Waals surface area contributed by atoms with Gasteiger partial charge in [0.2, 0.25) is 0 Å². The van der Waals surface area contributed by atoms with Crippen molar-refractivity contribution in [1.29, 1.82) is 0 Å². The van der Waals surface area contributed by atoms with Crippen molar-refractivity contribution in [3.05, 3.63) is 28.2 Å². The molecule has 1 N–H and O–H groups in total. The zero-order valence-electron chi connectivity index (χ0n) is 9.96. The normalized spacial score (nSPS) is 21.2. The molecule has 0 spiro atoms. The highest BCUT2D eigenvalue weighted by molar-refractivity contribution is 9.10. The Kier molecular flexibility index (Phi) is 3.87. The maximum atomic E-state index is 3.60. The van der Waals surface area contributed by atoms with Crippen molar-refractivity contribution >= 4 is 21.6 Å². The van der Waals surface area contributed by atoms with Crippen LogP contribution in [0.2, 0.25) is 0 Å². The minimum Gasteiger partial charge on any atom is -0.370 e. The largest absolute Gasteiger partial charge is 0.370 e. The number of hydrogen-bond acceptors (Lipinski definition) is 2. The summed E-state index contributed by atoms with van der Waals surface area (Å²) in [6.45, 7) is 4.48. The summed E-state index contributed by atoms with van der Waals surface area (Å²) in [5.41, 5.74) is 2.72. The Morgan fingerprint density at radius 2 is 2.25 bits per heavy atom. The summed E-state index contributed by atoms with van der Waals surface area (Å²) in [6, 6.07) is 7.08. The molecule has 1 fully saturated rings. The predicted octanol–water partition coefficient (Wildman–Crippen LogP) is 2.95. The summed E-state index contributed by atoms with van der Waals surface area (Å²) >= 11 is 3.60. The number of nitrogens with one attached hydrogen (secondary N) is 1. The van der Waals surface area contributed by atoms with Gasteiger partial charge in [-0.2, -0.15) is 0 Å². The number of hydrogen-bond donors (Lipinski definition) is 1. The molecule has 0 aliphatic carbocycles. The van der Waals surface area contributed by atoms with E-state index in [-0.39, 0.29) is 0 Å². The first-order chi connectivity index (χ1) is 7.72. The Morgan fingerprint density at radius 3 is 3.00 bits per heavy atom. The first kappa shape index (κ1) is 11.9. The molecule has 1 saturated heterocycles. The van der Waals surface area contributed by atoms with E-state index < -0.39 is 0 Å². The van der Waals surface area contributed by atoms with E-state index in [9.17, 15) is 0 Å². The third-order valence-corrected chi connectivity index (χ3v) is 4.27. The number of likely N-dealkylation sites (N-methyl/N-ethyl adjacent to an activating group) is 1. The molecule has 1 aliphatic heterocycles. The lowest BCUT2D eigenvalue weighted by Gasteiger charge is -2.35. The van der Waals surface area contributed by atoms with Crippen molar-refractivity contribution in [2.45, 2.75) is 25.8 Å². The quantitative estimate of drug-likeness (QED) is 0.897. The molecule has 1 aliphatic rings. The molecule has 0 aromatic heterocycles. The van der Waals surface area contributed by atoms with Crippen LogP contribution in [0, 0.1) is 6.92 Å². The number of halogens is 1. The fourth-order valence-corrected chi connectivity index (χ4v) is 2.73. The molecule has 0 radical (unpaired) electrons. The molecular formula is C13H19BrN2. The van der Waals surface area contributed by atoms with Gasteiger partial charge in [-0.25, -0.2) is 0 Å². The number of anilines is 1. The van der Waals surface area contributed by atoms with Crippen molar-refractivity contribution < 1.29 is 0 Å². The molecule has 1 aromatic rings. The summed E-state index contributed by atoms with van der Waals surface area (Å²) in [6.07, 6.45) is 2.57. The summed E-state index contributed by atoms with van der Waals surface area (Å²) in [5.74, 6) is 0. The third-order valence-electron chi connectivity index (χ3n) is 3.41. The minimum absolute atomic E-state index is 0.632. The molecule has 0 amide bonds. The Bertz CT molecular complexity index is 365. The van der Waals surface area contributed by atoms with Crippen molar-refractivity contribution in [2.75, 3.05) is 25.0 Å². The molecule has 88 valence electrons. The average Bonchev–Trinajstić information content (AvgIpc) is 2.33. The van der Waals surface area contributed by atoms with E-state index in [1.54, 1.807) is 0 Å². The van der Waals surface area contributed by atoms with Crippen LogP contribution in [0.15, 0.2) is 22.7 Å². The van der Waals surface area contributed by atoms with Crippen LogP contribution in [-0.2, 0) is 0 Å². The average molecular weight is 283 g/mol. The van der Waals surface area contributed by atoms with Gasteiger partial charge in [0.15, 0.2) is 0 Å². The van der Waals surface area contributed by atoms with E-state index in [4.69, 9.17) is 0 Å². The Hall–Kier alpha value is -0.540. The zero-order valence-corrected chi connectivity index (χ0v) is 11.5. The summed E-state index contributed by atoms with van der Waals surface area (Å²) in [4.78, 5) is 2.49. The zero-order chi connectivity index (χ0) is 11.5. The van der Waals surface area contributed by atoms with Crippen molar-refractivity contribution in [3.8, 4) is 0 Å². The third kappa shape index (κ3) is 2.41. The molecule has 0 bridgehead atoms. The number of piperidine rings is 1. The van der Waals surface area contributed by atoms with E-state index in [0.717, 1.165) is 6.54 Å². The van der Waals surface area contributed by atoms with E-state index in [2.05, 4.69) is 58.3 Å². The van der Waals surface area contributed by atoms with Gasteiger partial charge in [-0.15, -0.1) is 0 Å². The SMILES string of the molecule is CNC1CCCN(c2cccc(Br)c2C)C1. The van der Waals surface area contributed by atoms with Crippen LogP contribution >= 0.6 is 15.9 Å². The summed E-state index contributed by atoms with van der Waals surface area (Å²) in [5, 5.41) is 3.38. The fraction of sp³-hybridized carbons (Fsp3) is 0.538. The van der Waals surface area contributed by atoms with Gasteiger partial charge < -0.3 is 10.2 Å². The van der Waals surface area contributed by atoms with Crippen LogP contribution < -0.4 is 10.2 Å². The van der Waals surface area contributed by atoms with Gasteiger partial charge >= 0.3 is 0 Å². The van der Waals surface area contributed by atoms with E-state index in [0.29, 0.717) is 6.04 Å². The number of benzene rings is 1. The summed E-state index contributed by atoms with van der Waals surface area (Å²) in [7, 11) is 2.06. The maximum absolute atomic E-state index is 3.60. The molecule has 2 rings (SSSR count). The Morgan fingerprint density at radius 1 is 1.44 bits per heavy atom. The highest BCUT2D eigenvalue weighted by atomic mass is 79.9. The number of nitrogens with zero attached hydrogens (tertiary/aromatic N) is 1. The van der Waals surface area contributed by atoms with Crippen molar-refractivity contribution in [1.82, 2.24) is 5.32 Å². The molecule has 3 heteroatoms. The smallest absolute Gasteiger partial charge is 0.0407 e. The molecule has 1 heterocycles. The lowest BCUT2D eigenvalue weighted by atomic mass is 10.0. The van der Waals surface area contributed by atoms with Crippen LogP contribution in [0.1, 0.15) is 18.4 Å². The minimum atomic E-state index is 0.632. The molecule has 1 atom stereocenters. The van der Waals surface area contributed by atoms with Gasteiger partial charge in [0.1, 0.15) is 0 Å². The van der Waals surface area contributed by atoms with Gasteiger partial charge in [0.25, 0.3) is 0 Å². The number of rotatable bonds is 2. The standard InChI is InChI=1S/C13H19BrN2/c1-10-12(14)6-3-7-13(10)16-8-4-5-11(9-16)15-2/h3,6-7,11,15H,4-5,8-9H2,1-2H3. The maximum Gasteiger partial charge on any atom is 0.0407 e. The Labute approximate surface area is 106 Å². The van der Waals surface area contributed by atoms with E-state index in [1.807, 2.05) is 0 Å². The second-order valence-corrected chi connectivity index (χ2v) is 5.31. The second-order valence-electron chi connectivity index (χ2n) is 4.46. The fourth-order valence-electron chi connectivity index (χ4n) is 2.37. The van der Waals surface area contributed by atoms with Crippen molar-refractivity contribution in [3.63, 3.8) is 0 Å². The highest BCUT2D eigenvalue weighted by Gasteiger charge is 2.19. The van der Waals surface area contributed by atoms with E-state index in [1.165, 1.54) is 35.1 Å². The van der Waals surface area contributed by atoms with Crippen LogP contribution in [0.25, 0.3) is 0 Å². The lowest BCUT2D eigenvalue weighted by molar-refractivity contribution is 0.449. The first-order valence-electron chi connectivity index (χ1n) is 5.89. The molecule has 2 nitrogen and oxygen atoms in total. The van der Waals surface area contributed by atoms with Crippen LogP contribution in [0.3, 0.4) is 0 Å². The van der Waals surface area contributed by atoms with Crippen LogP contribution in [-0.4, -0.2) is 26.2 Å². The van der Waals surface area contributed by atoms with Crippen molar-refractivity contribution in [2.24, 2.45) is 0 Å². The van der Waals surface area contributed by atoms with Crippen LogP contribution in [0.4, 0.5) is 5.69 Å². The first-order valence-corrected chi connectivity index (χ1v) is 6.69. The molecule has 0 saturated carbocycles. The van der Waals surface area contributed by atoms with Gasteiger partial charge in [-0.1, -0.05) is 22.0 Å². The second kappa shape index (κ2) is 5.19. The molecule has 1 unspecified atom stereocenters. The highest BCUT2D eigenvalue weighted by Crippen LogP contribution is 2.28. The lowest BCUT2D eigenvalue weighted by Crippen LogP contribution is -2.44. The summed E-state index contributed by atoms with van der Waals surface area (Å²) < 4.78 is 1.21. The van der Waals surface area contributed by atoms with Gasteiger partial charge in [-0.3, -0.25) is 0 Å². The molecule has 1 aromatic carbocycles. The van der Waals surface area contributed by atoms with Gasteiger partial charge in [0, 0.05) is 29.3 Å². The van der Waals surface area contributed by atoms with Crippen LogP contribution in [0.5, 0.6) is 0 Å². The monoisotopic (exact) mass is 282 g/mol. The van der Waals surface area contributed by atoms with Gasteiger partial charge in [0.05, 0.1) is 0 Å². The predicted molar refractivity (Wildman–Crippen MR) is 73.2 cm³/mol. The van der Waals surface area contributed by atoms with Gasteiger partial charge in [-0.05, 0) is 44.5 Å². The van der Waals surface area contributed by atoms with E-state index >= 15 is 0 Å². The Balaban J connectivity index is 2.20.